The van der Waals surface area contributed by atoms with Gasteiger partial charge in [-0.1, -0.05) is 12.1 Å². The van der Waals surface area contributed by atoms with Crippen LogP contribution >= 0.6 is 11.3 Å². The number of pyridine rings is 2. The van der Waals surface area contributed by atoms with Gasteiger partial charge in [0.15, 0.2) is 5.13 Å². The number of hydrogen-bond donors (Lipinski definition) is 2. The van der Waals surface area contributed by atoms with Gasteiger partial charge in [0.1, 0.15) is 0 Å². The van der Waals surface area contributed by atoms with Crippen molar-refractivity contribution < 1.29 is 4.79 Å². The molecule has 6 nitrogen and oxygen atoms in total. The lowest BCUT2D eigenvalue weighted by Crippen LogP contribution is -2.12. The monoisotopic (exact) mass is 387 g/mol. The van der Waals surface area contributed by atoms with E-state index in [4.69, 9.17) is 5.73 Å². The van der Waals surface area contributed by atoms with Crippen LogP contribution in [0.4, 0.5) is 10.8 Å². The molecule has 138 valence electrons. The number of thiazole rings is 1. The van der Waals surface area contributed by atoms with E-state index in [2.05, 4.69) is 20.3 Å². The topological polar surface area (TPSA) is 93.8 Å². The predicted molar refractivity (Wildman–Crippen MR) is 112 cm³/mol. The summed E-state index contributed by atoms with van der Waals surface area (Å²) in [6.45, 7) is 2.01. The summed E-state index contributed by atoms with van der Waals surface area (Å²) < 4.78 is 0. The fourth-order valence-electron chi connectivity index (χ4n) is 2.86. The maximum atomic E-state index is 11.7. The Morgan fingerprint density at radius 1 is 1.07 bits per heavy atom. The molecule has 0 aliphatic heterocycles. The standard InChI is InChI=1S/C21H17N5OS/c1-13-4-5-14(17-11-24-8-6-16(17)20(22)27)9-18(13)25-21-26-19(12-28-21)15-3-2-7-23-10-15/h2-12H,1H3,(H2,22,27)(H,25,26). The summed E-state index contributed by atoms with van der Waals surface area (Å²) in [6.07, 6.45) is 6.74. The molecule has 0 fully saturated rings. The Morgan fingerprint density at radius 3 is 2.71 bits per heavy atom. The largest absolute Gasteiger partial charge is 0.366 e. The number of nitrogens with one attached hydrogen (secondary N) is 1. The molecule has 3 aromatic heterocycles. The number of anilines is 2. The van der Waals surface area contributed by atoms with E-state index in [-0.39, 0.29) is 0 Å². The normalized spacial score (nSPS) is 10.6. The number of benzene rings is 1. The van der Waals surface area contributed by atoms with Gasteiger partial charge in [0.05, 0.1) is 5.69 Å². The van der Waals surface area contributed by atoms with Crippen molar-refractivity contribution in [1.82, 2.24) is 15.0 Å². The molecular formula is C21H17N5OS. The number of nitrogens with zero attached hydrogens (tertiary/aromatic N) is 3. The van der Waals surface area contributed by atoms with Gasteiger partial charge in [0.25, 0.3) is 0 Å². The predicted octanol–water partition coefficient (Wildman–Crippen LogP) is 4.42. The SMILES string of the molecule is Cc1ccc(-c2cnccc2C(N)=O)cc1Nc1nc(-c2cccnc2)cs1. The first-order valence-corrected chi connectivity index (χ1v) is 9.47. The molecule has 0 unspecified atom stereocenters. The number of nitrogens with two attached hydrogens (primary N) is 1. The van der Waals surface area contributed by atoms with Gasteiger partial charge in [-0.3, -0.25) is 14.8 Å². The summed E-state index contributed by atoms with van der Waals surface area (Å²) >= 11 is 1.52. The Labute approximate surface area is 166 Å². The summed E-state index contributed by atoms with van der Waals surface area (Å²) in [5.41, 5.74) is 11.3. The Kier molecular flexibility index (Phi) is 4.82. The average Bonchev–Trinajstić information content (AvgIpc) is 3.19. The van der Waals surface area contributed by atoms with Crippen LogP contribution in [0.1, 0.15) is 15.9 Å². The smallest absolute Gasteiger partial charge is 0.249 e. The van der Waals surface area contributed by atoms with E-state index in [0.29, 0.717) is 11.1 Å². The molecule has 0 spiro atoms. The van der Waals surface area contributed by atoms with Gasteiger partial charge in [-0.25, -0.2) is 4.98 Å². The molecule has 3 heterocycles. The minimum absolute atomic E-state index is 0.443. The molecule has 28 heavy (non-hydrogen) atoms. The van der Waals surface area contributed by atoms with Crippen LogP contribution in [0, 0.1) is 6.92 Å². The quantitative estimate of drug-likeness (QED) is 0.529. The van der Waals surface area contributed by atoms with Gasteiger partial charge in [-0.2, -0.15) is 0 Å². The van der Waals surface area contributed by atoms with Crippen LogP contribution in [0.2, 0.25) is 0 Å². The molecule has 4 aromatic rings. The number of rotatable bonds is 5. The maximum Gasteiger partial charge on any atom is 0.249 e. The molecule has 4 rings (SSSR count). The van der Waals surface area contributed by atoms with Crippen LogP contribution in [0.15, 0.2) is 66.6 Å². The number of aromatic nitrogens is 3. The van der Waals surface area contributed by atoms with Crippen LogP contribution in [0.3, 0.4) is 0 Å². The summed E-state index contributed by atoms with van der Waals surface area (Å²) in [4.78, 5) is 24.7. The van der Waals surface area contributed by atoms with E-state index in [9.17, 15) is 4.79 Å². The molecule has 3 N–H and O–H groups in total. The Morgan fingerprint density at radius 2 is 1.93 bits per heavy atom. The second-order valence-electron chi connectivity index (χ2n) is 6.22. The third-order valence-corrected chi connectivity index (χ3v) is 5.10. The minimum Gasteiger partial charge on any atom is -0.366 e. The summed E-state index contributed by atoms with van der Waals surface area (Å²) in [7, 11) is 0. The van der Waals surface area contributed by atoms with Gasteiger partial charge in [-0.05, 0) is 42.3 Å². The summed E-state index contributed by atoms with van der Waals surface area (Å²) in [5, 5.41) is 6.14. The number of carbonyl (C=O) groups excluding carboxylic acids is 1. The highest BCUT2D eigenvalue weighted by molar-refractivity contribution is 7.14. The molecule has 1 amide bonds. The van der Waals surface area contributed by atoms with E-state index in [1.54, 1.807) is 30.9 Å². The van der Waals surface area contributed by atoms with Crippen LogP contribution in [0.5, 0.6) is 0 Å². The van der Waals surface area contributed by atoms with Crippen molar-refractivity contribution >= 4 is 28.1 Å². The lowest BCUT2D eigenvalue weighted by Gasteiger charge is -2.11. The molecule has 7 heteroatoms. The maximum absolute atomic E-state index is 11.7. The molecule has 0 bridgehead atoms. The second kappa shape index (κ2) is 7.58. The Bertz CT molecular complexity index is 1140. The lowest BCUT2D eigenvalue weighted by molar-refractivity contribution is 0.100. The highest BCUT2D eigenvalue weighted by atomic mass is 32.1. The fourth-order valence-corrected chi connectivity index (χ4v) is 3.59. The van der Waals surface area contributed by atoms with Gasteiger partial charge in [-0.15, -0.1) is 11.3 Å². The van der Waals surface area contributed by atoms with E-state index in [0.717, 1.165) is 33.2 Å². The van der Waals surface area contributed by atoms with Gasteiger partial charge in [0, 0.05) is 52.5 Å². The third-order valence-electron chi connectivity index (χ3n) is 4.34. The van der Waals surface area contributed by atoms with Crippen molar-refractivity contribution in [3.63, 3.8) is 0 Å². The van der Waals surface area contributed by atoms with Gasteiger partial charge < -0.3 is 11.1 Å². The zero-order chi connectivity index (χ0) is 19.5. The molecule has 0 atom stereocenters. The average molecular weight is 387 g/mol. The Balaban J connectivity index is 1.66. The highest BCUT2D eigenvalue weighted by Crippen LogP contribution is 2.31. The van der Waals surface area contributed by atoms with Crippen molar-refractivity contribution in [1.29, 1.82) is 0 Å². The zero-order valence-electron chi connectivity index (χ0n) is 15.1. The molecule has 1 aromatic carbocycles. The number of carbonyl (C=O) groups is 1. The van der Waals surface area contributed by atoms with E-state index >= 15 is 0 Å². The van der Waals surface area contributed by atoms with Crippen LogP contribution in [-0.2, 0) is 0 Å². The van der Waals surface area contributed by atoms with E-state index in [1.807, 2.05) is 42.6 Å². The Hall–Kier alpha value is -3.58. The molecule has 0 aliphatic rings. The molecule has 0 radical (unpaired) electrons. The van der Waals surface area contributed by atoms with Crippen LogP contribution in [0.25, 0.3) is 22.4 Å². The van der Waals surface area contributed by atoms with Crippen LogP contribution in [-0.4, -0.2) is 20.9 Å². The zero-order valence-corrected chi connectivity index (χ0v) is 15.9. The summed E-state index contributed by atoms with van der Waals surface area (Å²) in [6, 6.07) is 11.4. The van der Waals surface area contributed by atoms with Crippen molar-refractivity contribution in [2.45, 2.75) is 6.92 Å². The summed E-state index contributed by atoms with van der Waals surface area (Å²) in [5.74, 6) is -0.478. The lowest BCUT2D eigenvalue weighted by atomic mass is 9.99. The first kappa shape index (κ1) is 17.8. The first-order chi connectivity index (χ1) is 13.6. The number of amides is 1. The first-order valence-electron chi connectivity index (χ1n) is 8.59. The van der Waals surface area contributed by atoms with Gasteiger partial charge >= 0.3 is 0 Å². The number of primary amides is 1. The minimum atomic E-state index is -0.478. The van der Waals surface area contributed by atoms with Crippen molar-refractivity contribution in [2.75, 3.05) is 5.32 Å². The third kappa shape index (κ3) is 3.60. The number of hydrogen-bond acceptors (Lipinski definition) is 6. The molecule has 0 saturated heterocycles. The van der Waals surface area contributed by atoms with Gasteiger partial charge in [0.2, 0.25) is 5.91 Å². The van der Waals surface area contributed by atoms with E-state index < -0.39 is 5.91 Å². The second-order valence-corrected chi connectivity index (χ2v) is 7.08. The van der Waals surface area contributed by atoms with Crippen molar-refractivity contribution in [3.8, 4) is 22.4 Å². The van der Waals surface area contributed by atoms with Crippen molar-refractivity contribution in [3.05, 3.63) is 77.7 Å². The highest BCUT2D eigenvalue weighted by Gasteiger charge is 2.12. The molecule has 0 aliphatic carbocycles. The van der Waals surface area contributed by atoms with E-state index in [1.165, 1.54) is 11.3 Å². The fraction of sp³-hybridized carbons (Fsp3) is 0.0476. The molecular weight excluding hydrogens is 370 g/mol. The van der Waals surface area contributed by atoms with Crippen molar-refractivity contribution in [2.24, 2.45) is 5.73 Å². The molecule has 0 saturated carbocycles. The van der Waals surface area contributed by atoms with Crippen LogP contribution < -0.4 is 11.1 Å². The number of aryl methyl sites for hydroxylation is 1.